The molecule has 0 aliphatic rings. The average Bonchev–Trinajstić information content (AvgIpc) is 1.99. The summed E-state index contributed by atoms with van der Waals surface area (Å²) in [6, 6.07) is 1.58. The van der Waals surface area contributed by atoms with Gasteiger partial charge in [-0.1, -0.05) is 23.2 Å². The highest BCUT2D eigenvalue weighted by atomic mass is 35.5. The molecule has 1 atom stereocenters. The predicted octanol–water partition coefficient (Wildman–Crippen LogP) is 3.56. The SMILES string of the molecule is N[C@@H](c1cc(Cl)cc(Cl)c1)C(F)(F)F. The Bertz CT molecular complexity index is 318. The van der Waals surface area contributed by atoms with Gasteiger partial charge in [0.15, 0.2) is 0 Å². The minimum atomic E-state index is -4.49. The van der Waals surface area contributed by atoms with Gasteiger partial charge >= 0.3 is 6.18 Å². The van der Waals surface area contributed by atoms with Gasteiger partial charge < -0.3 is 5.73 Å². The van der Waals surface area contributed by atoms with E-state index in [0.717, 1.165) is 12.1 Å². The molecule has 6 heteroatoms. The molecule has 0 spiro atoms. The molecule has 0 radical (unpaired) electrons. The molecular weight excluding hydrogens is 238 g/mol. The Labute approximate surface area is 88.6 Å². The molecule has 78 valence electrons. The topological polar surface area (TPSA) is 26.0 Å². The third kappa shape index (κ3) is 2.77. The maximum Gasteiger partial charge on any atom is 0.407 e. The van der Waals surface area contributed by atoms with Crippen LogP contribution in [0.3, 0.4) is 0 Å². The minimum Gasteiger partial charge on any atom is -0.316 e. The van der Waals surface area contributed by atoms with E-state index in [-0.39, 0.29) is 15.6 Å². The summed E-state index contributed by atoms with van der Waals surface area (Å²) < 4.78 is 36.6. The number of rotatable bonds is 1. The second-order valence-corrected chi connectivity index (χ2v) is 3.59. The lowest BCUT2D eigenvalue weighted by Gasteiger charge is -2.16. The summed E-state index contributed by atoms with van der Waals surface area (Å²) in [7, 11) is 0. The van der Waals surface area contributed by atoms with Gasteiger partial charge in [-0.05, 0) is 23.8 Å². The minimum absolute atomic E-state index is 0.132. The Morgan fingerprint density at radius 2 is 1.50 bits per heavy atom. The number of nitrogens with two attached hydrogens (primary N) is 1. The van der Waals surface area contributed by atoms with E-state index >= 15 is 0 Å². The fraction of sp³-hybridized carbons (Fsp3) is 0.250. The van der Waals surface area contributed by atoms with Crippen molar-refractivity contribution in [2.45, 2.75) is 12.2 Å². The summed E-state index contributed by atoms with van der Waals surface area (Å²) in [6.45, 7) is 0. The van der Waals surface area contributed by atoms with Crippen LogP contribution in [0.25, 0.3) is 0 Å². The van der Waals surface area contributed by atoms with E-state index in [1.165, 1.54) is 6.07 Å². The molecule has 0 unspecified atom stereocenters. The van der Waals surface area contributed by atoms with Crippen LogP contribution >= 0.6 is 23.2 Å². The van der Waals surface area contributed by atoms with Crippen molar-refractivity contribution < 1.29 is 13.2 Å². The maximum absolute atomic E-state index is 12.2. The van der Waals surface area contributed by atoms with E-state index in [0.29, 0.717) is 0 Å². The largest absolute Gasteiger partial charge is 0.407 e. The summed E-state index contributed by atoms with van der Waals surface area (Å²) in [6.07, 6.45) is -4.49. The number of benzene rings is 1. The molecule has 0 amide bonds. The first kappa shape index (κ1) is 11.6. The zero-order valence-electron chi connectivity index (χ0n) is 6.78. The normalized spacial score (nSPS) is 14.1. The standard InChI is InChI=1S/C8H6Cl2F3N/c9-5-1-4(2-6(10)3-5)7(14)8(11,12)13/h1-3,7H,14H2/t7-/m0/s1. The first-order valence-electron chi connectivity index (χ1n) is 3.59. The number of hydrogen-bond donors (Lipinski definition) is 1. The Hall–Kier alpha value is -0.450. The van der Waals surface area contributed by atoms with E-state index in [4.69, 9.17) is 28.9 Å². The molecule has 1 aromatic carbocycles. The molecule has 0 saturated heterocycles. The van der Waals surface area contributed by atoms with E-state index in [1.807, 2.05) is 0 Å². The zero-order valence-corrected chi connectivity index (χ0v) is 8.29. The van der Waals surface area contributed by atoms with E-state index in [9.17, 15) is 13.2 Å². The van der Waals surface area contributed by atoms with Crippen LogP contribution in [-0.2, 0) is 0 Å². The molecule has 0 heterocycles. The molecule has 14 heavy (non-hydrogen) atoms. The van der Waals surface area contributed by atoms with E-state index in [2.05, 4.69) is 0 Å². The first-order chi connectivity index (χ1) is 6.30. The summed E-state index contributed by atoms with van der Waals surface area (Å²) in [5.41, 5.74) is 4.82. The second kappa shape index (κ2) is 3.96. The Balaban J connectivity index is 3.07. The fourth-order valence-corrected chi connectivity index (χ4v) is 1.49. The van der Waals surface area contributed by atoms with Crippen LogP contribution in [0.5, 0.6) is 0 Å². The van der Waals surface area contributed by atoms with Gasteiger partial charge in [0.25, 0.3) is 0 Å². The number of hydrogen-bond acceptors (Lipinski definition) is 1. The van der Waals surface area contributed by atoms with Crippen LogP contribution in [0.4, 0.5) is 13.2 Å². The van der Waals surface area contributed by atoms with Gasteiger partial charge in [-0.25, -0.2) is 0 Å². The summed E-state index contributed by atoms with van der Waals surface area (Å²) in [5.74, 6) is 0. The lowest BCUT2D eigenvalue weighted by atomic mass is 10.1. The lowest BCUT2D eigenvalue weighted by Crippen LogP contribution is -2.28. The molecule has 0 fully saturated rings. The molecule has 0 aliphatic carbocycles. The van der Waals surface area contributed by atoms with Crippen LogP contribution in [0.15, 0.2) is 18.2 Å². The molecule has 2 N–H and O–H groups in total. The van der Waals surface area contributed by atoms with Crippen LogP contribution in [0.2, 0.25) is 10.0 Å². The van der Waals surface area contributed by atoms with Crippen LogP contribution in [0, 0.1) is 0 Å². The first-order valence-corrected chi connectivity index (χ1v) is 4.34. The van der Waals surface area contributed by atoms with Crippen molar-refractivity contribution in [3.63, 3.8) is 0 Å². The highest BCUT2D eigenvalue weighted by Gasteiger charge is 2.37. The highest BCUT2D eigenvalue weighted by molar-refractivity contribution is 6.34. The summed E-state index contributed by atoms with van der Waals surface area (Å²) in [5, 5.41) is 0.263. The van der Waals surface area contributed by atoms with Crippen LogP contribution in [-0.4, -0.2) is 6.18 Å². The molecule has 0 bridgehead atoms. The van der Waals surface area contributed by atoms with Crippen LogP contribution in [0.1, 0.15) is 11.6 Å². The van der Waals surface area contributed by atoms with Crippen LogP contribution < -0.4 is 5.73 Å². The molecule has 0 saturated carbocycles. The average molecular weight is 244 g/mol. The highest BCUT2D eigenvalue weighted by Crippen LogP contribution is 2.32. The monoisotopic (exact) mass is 243 g/mol. The van der Waals surface area contributed by atoms with Gasteiger partial charge in [-0.15, -0.1) is 0 Å². The zero-order chi connectivity index (χ0) is 10.9. The van der Waals surface area contributed by atoms with Gasteiger partial charge in [-0.2, -0.15) is 13.2 Å². The second-order valence-electron chi connectivity index (χ2n) is 2.72. The molecule has 0 aliphatic heterocycles. The van der Waals surface area contributed by atoms with Gasteiger partial charge in [-0.3, -0.25) is 0 Å². The van der Waals surface area contributed by atoms with Crippen molar-refractivity contribution >= 4 is 23.2 Å². The van der Waals surface area contributed by atoms with Crippen molar-refractivity contribution in [3.8, 4) is 0 Å². The van der Waals surface area contributed by atoms with E-state index < -0.39 is 12.2 Å². The smallest absolute Gasteiger partial charge is 0.316 e. The Morgan fingerprint density at radius 1 is 1.07 bits per heavy atom. The van der Waals surface area contributed by atoms with Gasteiger partial charge in [0.2, 0.25) is 0 Å². The van der Waals surface area contributed by atoms with Gasteiger partial charge in [0, 0.05) is 10.0 Å². The Kier molecular flexibility index (Phi) is 3.29. The number of halogens is 5. The van der Waals surface area contributed by atoms with Crippen molar-refractivity contribution in [2.75, 3.05) is 0 Å². The Morgan fingerprint density at radius 3 is 1.86 bits per heavy atom. The molecule has 0 aromatic heterocycles. The quantitative estimate of drug-likeness (QED) is 0.802. The van der Waals surface area contributed by atoms with Gasteiger partial charge in [0.1, 0.15) is 6.04 Å². The van der Waals surface area contributed by atoms with E-state index in [1.54, 1.807) is 0 Å². The maximum atomic E-state index is 12.2. The molecular formula is C8H6Cl2F3N. The summed E-state index contributed by atoms with van der Waals surface area (Å²) >= 11 is 11.1. The third-order valence-electron chi connectivity index (χ3n) is 1.60. The predicted molar refractivity (Wildman–Crippen MR) is 49.4 cm³/mol. The number of alkyl halides is 3. The van der Waals surface area contributed by atoms with Crippen molar-refractivity contribution in [3.05, 3.63) is 33.8 Å². The van der Waals surface area contributed by atoms with Crippen molar-refractivity contribution in [2.24, 2.45) is 5.73 Å². The molecule has 1 aromatic rings. The van der Waals surface area contributed by atoms with Gasteiger partial charge in [0.05, 0.1) is 0 Å². The lowest BCUT2D eigenvalue weighted by molar-refractivity contribution is -0.149. The molecule has 1 rings (SSSR count). The van der Waals surface area contributed by atoms with Crippen molar-refractivity contribution in [1.29, 1.82) is 0 Å². The fourth-order valence-electron chi connectivity index (χ4n) is 0.944. The summed E-state index contributed by atoms with van der Waals surface area (Å²) in [4.78, 5) is 0. The third-order valence-corrected chi connectivity index (χ3v) is 2.03. The molecule has 1 nitrogen and oxygen atoms in total. The van der Waals surface area contributed by atoms with Crippen molar-refractivity contribution in [1.82, 2.24) is 0 Å².